The summed E-state index contributed by atoms with van der Waals surface area (Å²) < 4.78 is 0. The third-order valence-electron chi connectivity index (χ3n) is 5.82. The Labute approximate surface area is 184 Å². The molecule has 0 bridgehead atoms. The minimum Gasteiger partial charge on any atom is -0.356 e. The summed E-state index contributed by atoms with van der Waals surface area (Å²) in [7, 11) is 1.78. The number of nitrogens with zero attached hydrogens (tertiary/aromatic N) is 2. The maximum absolute atomic E-state index is 12.4. The third kappa shape index (κ3) is 5.33. The summed E-state index contributed by atoms with van der Waals surface area (Å²) in [5, 5.41) is 7.60. The van der Waals surface area contributed by atoms with Gasteiger partial charge < -0.3 is 15.5 Å². The van der Waals surface area contributed by atoms with Gasteiger partial charge in [0.2, 0.25) is 0 Å². The minimum absolute atomic E-state index is 0.0766. The molecule has 2 aromatic carbocycles. The molecule has 1 aliphatic carbocycles. The molecule has 1 aliphatic rings. The molecule has 1 fully saturated rings. The fourth-order valence-electron chi connectivity index (χ4n) is 3.65. The highest BCUT2D eigenvalue weighted by Crippen LogP contribution is 2.48. The topological polar surface area (TPSA) is 56.7 Å². The molecule has 0 aliphatic heterocycles. The second kappa shape index (κ2) is 9.98. The van der Waals surface area contributed by atoms with Crippen LogP contribution in [0.1, 0.15) is 48.2 Å². The maximum atomic E-state index is 12.4. The summed E-state index contributed by atoms with van der Waals surface area (Å²) in [5.74, 6) is 0.847. The van der Waals surface area contributed by atoms with E-state index in [1.54, 1.807) is 7.05 Å². The summed E-state index contributed by atoms with van der Waals surface area (Å²) in [4.78, 5) is 18.6. The van der Waals surface area contributed by atoms with Crippen molar-refractivity contribution in [2.75, 3.05) is 26.7 Å². The van der Waals surface area contributed by atoms with E-state index in [1.807, 2.05) is 55.1 Å². The lowest BCUT2D eigenvalue weighted by molar-refractivity contribution is 0.0773. The molecule has 30 heavy (non-hydrogen) atoms. The lowest BCUT2D eigenvalue weighted by atomic mass is 9.96. The molecule has 0 unspecified atom stereocenters. The van der Waals surface area contributed by atoms with Crippen LogP contribution in [0.25, 0.3) is 0 Å². The SMILES string of the molecule is CCN(CC)C(=O)c1ccc(CNC(=NC)NCC2(c3cccc(Cl)c3)CC2)cc1. The van der Waals surface area contributed by atoms with Gasteiger partial charge in [-0.3, -0.25) is 9.79 Å². The number of benzene rings is 2. The lowest BCUT2D eigenvalue weighted by Crippen LogP contribution is -2.40. The van der Waals surface area contributed by atoms with Gasteiger partial charge in [-0.15, -0.1) is 0 Å². The number of hydrogen-bond donors (Lipinski definition) is 2. The van der Waals surface area contributed by atoms with Gasteiger partial charge in [-0.1, -0.05) is 35.9 Å². The van der Waals surface area contributed by atoms with Gasteiger partial charge in [0.15, 0.2) is 5.96 Å². The number of nitrogens with one attached hydrogen (secondary N) is 2. The fourth-order valence-corrected chi connectivity index (χ4v) is 3.84. The van der Waals surface area contributed by atoms with Crippen LogP contribution in [0.2, 0.25) is 5.02 Å². The number of amides is 1. The van der Waals surface area contributed by atoms with Crippen LogP contribution >= 0.6 is 11.6 Å². The number of carbonyl (C=O) groups is 1. The highest BCUT2D eigenvalue weighted by atomic mass is 35.5. The van der Waals surface area contributed by atoms with Crippen LogP contribution < -0.4 is 10.6 Å². The van der Waals surface area contributed by atoms with Gasteiger partial charge in [0, 0.05) is 49.2 Å². The first-order chi connectivity index (χ1) is 14.5. The van der Waals surface area contributed by atoms with Crippen LogP contribution in [0, 0.1) is 0 Å². The Morgan fingerprint density at radius 2 is 1.80 bits per heavy atom. The van der Waals surface area contributed by atoms with E-state index in [9.17, 15) is 4.79 Å². The van der Waals surface area contributed by atoms with Crippen LogP contribution in [0.3, 0.4) is 0 Å². The Morgan fingerprint density at radius 3 is 2.37 bits per heavy atom. The van der Waals surface area contributed by atoms with Crippen molar-refractivity contribution in [1.82, 2.24) is 15.5 Å². The van der Waals surface area contributed by atoms with Gasteiger partial charge in [-0.05, 0) is 62.1 Å². The Balaban J connectivity index is 1.53. The Hall–Kier alpha value is -2.53. The van der Waals surface area contributed by atoms with Crippen molar-refractivity contribution in [3.05, 3.63) is 70.2 Å². The molecule has 6 heteroatoms. The Kier molecular flexibility index (Phi) is 7.38. The van der Waals surface area contributed by atoms with Gasteiger partial charge in [0.25, 0.3) is 5.91 Å². The van der Waals surface area contributed by atoms with E-state index in [2.05, 4.69) is 27.8 Å². The lowest BCUT2D eigenvalue weighted by Gasteiger charge is -2.20. The maximum Gasteiger partial charge on any atom is 0.253 e. The zero-order valence-electron chi connectivity index (χ0n) is 18.0. The predicted molar refractivity (Wildman–Crippen MR) is 124 cm³/mol. The smallest absolute Gasteiger partial charge is 0.253 e. The molecule has 1 amide bonds. The first kappa shape index (κ1) is 22.2. The van der Waals surface area contributed by atoms with Gasteiger partial charge in [0.05, 0.1) is 0 Å². The zero-order chi connectivity index (χ0) is 21.6. The molecule has 0 saturated heterocycles. The number of rotatable bonds is 8. The summed E-state index contributed by atoms with van der Waals surface area (Å²) in [6, 6.07) is 15.9. The van der Waals surface area contributed by atoms with E-state index >= 15 is 0 Å². The fraction of sp³-hybridized carbons (Fsp3) is 0.417. The largest absolute Gasteiger partial charge is 0.356 e. The number of halogens is 1. The Morgan fingerprint density at radius 1 is 1.10 bits per heavy atom. The van der Waals surface area contributed by atoms with Crippen LogP contribution in [-0.2, 0) is 12.0 Å². The van der Waals surface area contributed by atoms with E-state index in [-0.39, 0.29) is 11.3 Å². The van der Waals surface area contributed by atoms with E-state index < -0.39 is 0 Å². The quantitative estimate of drug-likeness (QED) is 0.490. The first-order valence-electron chi connectivity index (χ1n) is 10.6. The van der Waals surface area contributed by atoms with Gasteiger partial charge in [0.1, 0.15) is 0 Å². The monoisotopic (exact) mass is 426 g/mol. The highest BCUT2D eigenvalue weighted by molar-refractivity contribution is 6.30. The molecule has 5 nitrogen and oxygen atoms in total. The average molecular weight is 427 g/mol. The van der Waals surface area contributed by atoms with Crippen LogP contribution in [-0.4, -0.2) is 43.4 Å². The normalized spacial score (nSPS) is 14.9. The number of aliphatic imine (C=N–C) groups is 1. The number of carbonyl (C=O) groups excluding carboxylic acids is 1. The van der Waals surface area contributed by atoms with Gasteiger partial charge >= 0.3 is 0 Å². The van der Waals surface area contributed by atoms with Gasteiger partial charge in [-0.2, -0.15) is 0 Å². The molecular weight excluding hydrogens is 396 g/mol. The molecule has 0 atom stereocenters. The van der Waals surface area contributed by atoms with Crippen molar-refractivity contribution in [1.29, 1.82) is 0 Å². The standard InChI is InChI=1S/C24H31ClN4O/c1-4-29(5-2)22(30)19-11-9-18(10-12-19)16-27-23(26-3)28-17-24(13-14-24)20-7-6-8-21(25)15-20/h6-12,15H,4-5,13-14,16-17H2,1-3H3,(H2,26,27,28). The number of hydrogen-bond acceptors (Lipinski definition) is 2. The summed E-state index contributed by atoms with van der Waals surface area (Å²) >= 11 is 6.17. The minimum atomic E-state index is 0.0766. The van der Waals surface area contributed by atoms with Crippen molar-refractivity contribution < 1.29 is 4.79 Å². The molecule has 0 spiro atoms. The molecule has 2 N–H and O–H groups in total. The van der Waals surface area contributed by atoms with Crippen molar-refractivity contribution >= 4 is 23.5 Å². The highest BCUT2D eigenvalue weighted by Gasteiger charge is 2.44. The molecule has 3 rings (SSSR count). The van der Waals surface area contributed by atoms with Crippen LogP contribution in [0.4, 0.5) is 0 Å². The van der Waals surface area contributed by atoms with E-state index in [0.29, 0.717) is 6.54 Å². The molecular formula is C24H31ClN4O. The van der Waals surface area contributed by atoms with Crippen molar-refractivity contribution in [3.63, 3.8) is 0 Å². The summed E-state index contributed by atoms with van der Waals surface area (Å²) in [6.07, 6.45) is 2.30. The summed E-state index contributed by atoms with van der Waals surface area (Å²) in [6.45, 7) is 6.90. The molecule has 0 heterocycles. The second-order valence-electron chi connectivity index (χ2n) is 7.74. The second-order valence-corrected chi connectivity index (χ2v) is 8.18. The van der Waals surface area contributed by atoms with Crippen LogP contribution in [0.15, 0.2) is 53.5 Å². The van der Waals surface area contributed by atoms with E-state index in [1.165, 1.54) is 5.56 Å². The molecule has 0 aromatic heterocycles. The average Bonchev–Trinajstić information content (AvgIpc) is 3.56. The molecule has 0 radical (unpaired) electrons. The predicted octanol–water partition coefficient (Wildman–Crippen LogP) is 4.22. The van der Waals surface area contributed by atoms with E-state index in [0.717, 1.165) is 54.6 Å². The van der Waals surface area contributed by atoms with E-state index in [4.69, 9.17) is 11.6 Å². The molecule has 1 saturated carbocycles. The van der Waals surface area contributed by atoms with Crippen molar-refractivity contribution in [2.45, 2.75) is 38.6 Å². The summed E-state index contributed by atoms with van der Waals surface area (Å²) in [5.41, 5.74) is 3.26. The number of guanidine groups is 1. The first-order valence-corrected chi connectivity index (χ1v) is 11.0. The Bertz CT molecular complexity index is 886. The molecule has 2 aromatic rings. The van der Waals surface area contributed by atoms with Gasteiger partial charge in [-0.25, -0.2) is 0 Å². The third-order valence-corrected chi connectivity index (χ3v) is 6.05. The van der Waals surface area contributed by atoms with Crippen molar-refractivity contribution in [3.8, 4) is 0 Å². The van der Waals surface area contributed by atoms with Crippen LogP contribution in [0.5, 0.6) is 0 Å². The molecule has 160 valence electrons. The van der Waals surface area contributed by atoms with Crippen molar-refractivity contribution in [2.24, 2.45) is 4.99 Å². The zero-order valence-corrected chi connectivity index (χ0v) is 18.8.